The molecule has 2 atom stereocenters. The van der Waals surface area contributed by atoms with Gasteiger partial charge in [0.15, 0.2) is 4.47 Å². The van der Waals surface area contributed by atoms with Crippen molar-refractivity contribution in [3.8, 4) is 0 Å². The summed E-state index contributed by atoms with van der Waals surface area (Å²) in [5, 5.41) is 9.19. The highest BCUT2D eigenvalue weighted by atomic mass is 35.5. The van der Waals surface area contributed by atoms with Crippen LogP contribution in [0.15, 0.2) is 0 Å². The molecule has 24 heavy (non-hydrogen) atoms. The number of halogens is 1. The summed E-state index contributed by atoms with van der Waals surface area (Å²) in [6.07, 6.45) is 1.36. The van der Waals surface area contributed by atoms with E-state index in [4.69, 9.17) is 11.6 Å². The summed E-state index contributed by atoms with van der Waals surface area (Å²) < 4.78 is 16.1. The maximum absolute atomic E-state index is 12.7. The maximum atomic E-state index is 12.7. The third-order valence-corrected chi connectivity index (χ3v) is 7.74. The zero-order chi connectivity index (χ0) is 17.7. The van der Waals surface area contributed by atoms with E-state index in [0.29, 0.717) is 17.6 Å². The molecule has 0 unspecified atom stereocenters. The Hall–Kier alpha value is -0.540. The molecule has 1 aliphatic carbocycles. The molecule has 2 aliphatic rings. The number of piperidine rings is 1. The minimum atomic E-state index is -1.21. The third kappa shape index (κ3) is 3.26. The molecule has 0 radical (unpaired) electrons. The van der Waals surface area contributed by atoms with Gasteiger partial charge in [-0.25, -0.2) is 9.78 Å². The van der Waals surface area contributed by atoms with E-state index in [1.165, 1.54) is 16.2 Å². The fourth-order valence-corrected chi connectivity index (χ4v) is 5.83. The summed E-state index contributed by atoms with van der Waals surface area (Å²) >= 11 is 6.31. The second kappa shape index (κ2) is 6.32. The molecule has 1 aromatic rings. The second-order valence-corrected chi connectivity index (χ2v) is 11.1. The zero-order valence-electron chi connectivity index (χ0n) is 14.0. The first-order chi connectivity index (χ1) is 11.1. The lowest BCUT2D eigenvalue weighted by Gasteiger charge is -2.42. The molecular formula is C15H22ClN3O3S2. The number of nitrogens with zero attached hydrogens (tertiary/aromatic N) is 2. The lowest BCUT2D eigenvalue weighted by molar-refractivity contribution is 0.0765. The molecular weight excluding hydrogens is 370 g/mol. The Morgan fingerprint density at radius 3 is 2.67 bits per heavy atom. The Morgan fingerprint density at radius 1 is 1.50 bits per heavy atom. The van der Waals surface area contributed by atoms with Gasteiger partial charge < -0.3 is 14.6 Å². The number of rotatable bonds is 2. The van der Waals surface area contributed by atoms with Crippen molar-refractivity contribution in [3.05, 3.63) is 15.0 Å². The van der Waals surface area contributed by atoms with Crippen LogP contribution in [0.5, 0.6) is 0 Å². The van der Waals surface area contributed by atoms with Gasteiger partial charge in [-0.05, 0) is 40.0 Å². The van der Waals surface area contributed by atoms with Gasteiger partial charge in [0.25, 0.3) is 0 Å². The van der Waals surface area contributed by atoms with Crippen LogP contribution < -0.4 is 4.72 Å². The van der Waals surface area contributed by atoms with E-state index < -0.39 is 17.5 Å². The SMILES string of the molecule is CC(C)(C)[S@@+]([O-])N[C@@H]1c2sc(Cl)nc2CC12CCN(C(=O)O)CC2. The number of likely N-dealkylation sites (tertiary alicyclic amines) is 1. The molecule has 3 rings (SSSR count). The van der Waals surface area contributed by atoms with Gasteiger partial charge in [0.2, 0.25) is 0 Å². The second-order valence-electron chi connectivity index (χ2n) is 7.52. The van der Waals surface area contributed by atoms with Crippen LogP contribution in [0.1, 0.15) is 50.2 Å². The lowest BCUT2D eigenvalue weighted by Crippen LogP contribution is -2.50. The van der Waals surface area contributed by atoms with Gasteiger partial charge in [0.1, 0.15) is 4.75 Å². The predicted molar refractivity (Wildman–Crippen MR) is 95.9 cm³/mol. The molecule has 6 nitrogen and oxygen atoms in total. The van der Waals surface area contributed by atoms with Gasteiger partial charge in [-0.3, -0.25) is 0 Å². The number of amides is 1. The quantitative estimate of drug-likeness (QED) is 0.755. The highest BCUT2D eigenvalue weighted by Gasteiger charge is 2.52. The van der Waals surface area contributed by atoms with E-state index in [1.807, 2.05) is 20.8 Å². The van der Waals surface area contributed by atoms with Gasteiger partial charge in [-0.15, -0.1) is 16.1 Å². The predicted octanol–water partition coefficient (Wildman–Crippen LogP) is 3.21. The van der Waals surface area contributed by atoms with Crippen molar-refractivity contribution in [2.75, 3.05) is 13.1 Å². The first-order valence-electron chi connectivity index (χ1n) is 7.93. The van der Waals surface area contributed by atoms with Crippen LogP contribution in [0.2, 0.25) is 4.47 Å². The maximum Gasteiger partial charge on any atom is 0.407 e. The van der Waals surface area contributed by atoms with Crippen molar-refractivity contribution in [2.24, 2.45) is 5.41 Å². The molecule has 9 heteroatoms. The average molecular weight is 392 g/mol. The summed E-state index contributed by atoms with van der Waals surface area (Å²) in [5.74, 6) is 0. The number of aromatic nitrogens is 1. The van der Waals surface area contributed by atoms with Crippen molar-refractivity contribution in [3.63, 3.8) is 0 Å². The average Bonchev–Trinajstić information content (AvgIpc) is 2.94. The molecule has 1 spiro atoms. The smallest absolute Gasteiger partial charge is 0.407 e. The number of thiazole rings is 1. The Kier molecular flexibility index (Phi) is 4.81. The highest BCUT2D eigenvalue weighted by Crippen LogP contribution is 2.54. The van der Waals surface area contributed by atoms with Crippen LogP contribution in [0.3, 0.4) is 0 Å². The van der Waals surface area contributed by atoms with Gasteiger partial charge >= 0.3 is 6.09 Å². The van der Waals surface area contributed by atoms with Crippen LogP contribution >= 0.6 is 22.9 Å². The van der Waals surface area contributed by atoms with E-state index in [0.717, 1.165) is 29.8 Å². The summed E-state index contributed by atoms with van der Waals surface area (Å²) in [4.78, 5) is 18.1. The first-order valence-corrected chi connectivity index (χ1v) is 10.3. The van der Waals surface area contributed by atoms with E-state index in [1.54, 1.807) is 0 Å². The number of carboxylic acid groups (broad SMARTS) is 1. The van der Waals surface area contributed by atoms with Crippen LogP contribution in [-0.4, -0.2) is 43.5 Å². The van der Waals surface area contributed by atoms with E-state index in [2.05, 4.69) is 9.71 Å². The van der Waals surface area contributed by atoms with Gasteiger partial charge in [-0.2, -0.15) is 0 Å². The molecule has 1 saturated heterocycles. The Bertz CT molecular complexity index is 638. The van der Waals surface area contributed by atoms with Crippen molar-refractivity contribution in [1.29, 1.82) is 0 Å². The molecule has 0 bridgehead atoms. The molecule has 1 fully saturated rings. The summed E-state index contributed by atoms with van der Waals surface area (Å²) in [6.45, 7) is 6.80. The van der Waals surface area contributed by atoms with E-state index in [9.17, 15) is 14.5 Å². The van der Waals surface area contributed by atoms with Crippen molar-refractivity contribution >= 4 is 40.4 Å². The van der Waals surface area contributed by atoms with Gasteiger partial charge in [0.05, 0.1) is 16.6 Å². The minimum Gasteiger partial charge on any atom is -0.598 e. The minimum absolute atomic E-state index is 0.0893. The number of carbonyl (C=O) groups is 1. The van der Waals surface area contributed by atoms with E-state index in [-0.39, 0.29) is 16.2 Å². The Labute approximate surface area is 153 Å². The van der Waals surface area contributed by atoms with E-state index >= 15 is 0 Å². The molecule has 2 N–H and O–H groups in total. The molecule has 1 aromatic heterocycles. The van der Waals surface area contributed by atoms with Crippen molar-refractivity contribution in [1.82, 2.24) is 14.6 Å². The Balaban J connectivity index is 1.86. The fraction of sp³-hybridized carbons (Fsp3) is 0.733. The molecule has 2 heterocycles. The van der Waals surface area contributed by atoms with Crippen LogP contribution in [0.25, 0.3) is 0 Å². The number of hydrogen-bond donors (Lipinski definition) is 2. The Morgan fingerprint density at radius 2 is 2.12 bits per heavy atom. The fourth-order valence-electron chi connectivity index (χ4n) is 3.47. The largest absolute Gasteiger partial charge is 0.598 e. The third-order valence-electron chi connectivity index (χ3n) is 4.91. The van der Waals surface area contributed by atoms with Crippen molar-refractivity contribution < 1.29 is 14.5 Å². The number of fused-ring (bicyclic) bond motifs is 1. The highest BCUT2D eigenvalue weighted by molar-refractivity contribution is 7.90. The molecule has 1 amide bonds. The van der Waals surface area contributed by atoms with Crippen LogP contribution in [-0.2, 0) is 17.8 Å². The van der Waals surface area contributed by atoms with Gasteiger partial charge in [-0.1, -0.05) is 11.6 Å². The normalized spacial score (nSPS) is 24.2. The van der Waals surface area contributed by atoms with Gasteiger partial charge in [0, 0.05) is 29.9 Å². The molecule has 0 saturated carbocycles. The summed E-state index contributed by atoms with van der Waals surface area (Å²) in [7, 11) is 0. The summed E-state index contributed by atoms with van der Waals surface area (Å²) in [6, 6.07) is -0.0893. The van der Waals surface area contributed by atoms with Crippen molar-refractivity contribution in [2.45, 2.75) is 50.8 Å². The molecule has 134 valence electrons. The molecule has 0 aromatic carbocycles. The van der Waals surface area contributed by atoms with Crippen LogP contribution in [0.4, 0.5) is 4.79 Å². The zero-order valence-corrected chi connectivity index (χ0v) is 16.4. The first kappa shape index (κ1) is 18.3. The standard InChI is InChI=1S/C15H22ClN3O3S2/c1-14(2,3)24(22)18-11-10-9(17-12(16)23-10)8-15(11)4-6-19(7-5-15)13(20)21/h11,18H,4-8H2,1-3H3,(H,20,21)/t11-,24-/m1/s1. The number of hydrogen-bond acceptors (Lipinski definition) is 5. The topological polar surface area (TPSA) is 88.5 Å². The van der Waals surface area contributed by atoms with Crippen LogP contribution in [0, 0.1) is 5.41 Å². The lowest BCUT2D eigenvalue weighted by atomic mass is 9.74. The summed E-state index contributed by atoms with van der Waals surface area (Å²) in [5.41, 5.74) is 0.836. The monoisotopic (exact) mass is 391 g/mol. The molecule has 1 aliphatic heterocycles. The number of nitrogens with one attached hydrogen (secondary N) is 1.